The fourth-order valence-corrected chi connectivity index (χ4v) is 5.35. The standard InChI is InChI=1S/C40H68NO9P/c1-3-5-7-9-11-13-15-16-17-18-19-20-21-22-23-24-26-28-30-32-39(42)50-37(35-48-51(45,46)49-36-38(41)40(43)44)34-47-33-31-29-27-25-14-12-10-8-6-4-2/h5,7,11,13,16-17,19-20,22-23,26,28,37-38H,3-4,6,8-10,12,14-15,18,21,24-25,27,29-36,41H2,1-2H3,(H,43,44)(H,45,46)/b7-5-,13-11-,17-16-,20-19-,23-22-,28-26-. The average Bonchev–Trinajstić information content (AvgIpc) is 3.10. The molecule has 0 aliphatic carbocycles. The van der Waals surface area contributed by atoms with Gasteiger partial charge in [-0.05, 0) is 51.4 Å². The lowest BCUT2D eigenvalue weighted by Gasteiger charge is -2.20. The van der Waals surface area contributed by atoms with Crippen molar-refractivity contribution in [2.75, 3.05) is 26.4 Å². The molecule has 0 aromatic heterocycles. The number of hydrogen-bond acceptors (Lipinski definition) is 8. The Hall–Kier alpha value is -2.59. The second kappa shape index (κ2) is 35.8. The zero-order valence-electron chi connectivity index (χ0n) is 31.4. The maximum atomic E-state index is 12.5. The fraction of sp³-hybridized carbons (Fsp3) is 0.650. The first kappa shape index (κ1) is 48.4. The molecule has 0 amide bonds. The summed E-state index contributed by atoms with van der Waals surface area (Å²) in [6.45, 7) is 3.63. The topological polar surface area (TPSA) is 155 Å². The van der Waals surface area contributed by atoms with E-state index < -0.39 is 45.1 Å². The van der Waals surface area contributed by atoms with Crippen LogP contribution in [0, 0.1) is 0 Å². The second-order valence-electron chi connectivity index (χ2n) is 12.3. The highest BCUT2D eigenvalue weighted by Gasteiger charge is 2.27. The van der Waals surface area contributed by atoms with Gasteiger partial charge in [-0.3, -0.25) is 18.6 Å². The van der Waals surface area contributed by atoms with Gasteiger partial charge in [0.25, 0.3) is 0 Å². The molecule has 0 heterocycles. The zero-order chi connectivity index (χ0) is 37.7. The lowest BCUT2D eigenvalue weighted by molar-refractivity contribution is -0.154. The largest absolute Gasteiger partial charge is 0.480 e. The van der Waals surface area contributed by atoms with Crippen molar-refractivity contribution in [2.45, 2.75) is 142 Å². The van der Waals surface area contributed by atoms with E-state index in [1.807, 2.05) is 12.2 Å². The Balaban J connectivity index is 4.45. The van der Waals surface area contributed by atoms with Crippen LogP contribution in [0.1, 0.15) is 129 Å². The highest BCUT2D eigenvalue weighted by atomic mass is 31.2. The van der Waals surface area contributed by atoms with Gasteiger partial charge < -0.3 is 25.2 Å². The number of allylic oxidation sites excluding steroid dienone is 12. The average molecular weight is 738 g/mol. The Kier molecular flexibility index (Phi) is 34.0. The van der Waals surface area contributed by atoms with Crippen LogP contribution < -0.4 is 5.73 Å². The molecule has 3 atom stereocenters. The molecule has 292 valence electrons. The van der Waals surface area contributed by atoms with Crippen molar-refractivity contribution in [3.8, 4) is 0 Å². The van der Waals surface area contributed by atoms with Gasteiger partial charge in [0.1, 0.15) is 12.1 Å². The molecule has 3 unspecified atom stereocenters. The van der Waals surface area contributed by atoms with Crippen molar-refractivity contribution in [1.29, 1.82) is 0 Å². The van der Waals surface area contributed by atoms with E-state index in [1.54, 1.807) is 0 Å². The van der Waals surface area contributed by atoms with Gasteiger partial charge in [0.15, 0.2) is 0 Å². The molecule has 11 heteroatoms. The van der Waals surface area contributed by atoms with Gasteiger partial charge in [0.05, 0.1) is 19.8 Å². The van der Waals surface area contributed by atoms with Crippen molar-refractivity contribution in [3.05, 3.63) is 72.9 Å². The summed E-state index contributed by atoms with van der Waals surface area (Å²) in [6, 6.07) is -1.49. The van der Waals surface area contributed by atoms with E-state index in [0.717, 1.165) is 57.8 Å². The third-order valence-corrected chi connectivity index (χ3v) is 8.46. The van der Waals surface area contributed by atoms with Crippen LogP contribution in [0.4, 0.5) is 0 Å². The van der Waals surface area contributed by atoms with Gasteiger partial charge in [0.2, 0.25) is 0 Å². The summed E-state index contributed by atoms with van der Waals surface area (Å²) in [7, 11) is -4.63. The number of carboxylic acids is 1. The van der Waals surface area contributed by atoms with Crippen molar-refractivity contribution < 1.29 is 42.7 Å². The summed E-state index contributed by atoms with van der Waals surface area (Å²) in [5, 5.41) is 8.86. The highest BCUT2D eigenvalue weighted by molar-refractivity contribution is 7.47. The number of phosphoric acid groups is 1. The molecule has 10 nitrogen and oxygen atoms in total. The Bertz CT molecular complexity index is 1080. The van der Waals surface area contributed by atoms with Gasteiger partial charge in [-0.2, -0.15) is 0 Å². The predicted molar refractivity (Wildman–Crippen MR) is 207 cm³/mol. The van der Waals surface area contributed by atoms with Crippen molar-refractivity contribution >= 4 is 19.8 Å². The lowest BCUT2D eigenvalue weighted by atomic mass is 10.1. The van der Waals surface area contributed by atoms with Crippen LogP contribution in [0.2, 0.25) is 0 Å². The number of phosphoric ester groups is 1. The summed E-state index contributed by atoms with van der Waals surface area (Å²) < 4.78 is 33.1. The molecule has 0 aromatic rings. The van der Waals surface area contributed by atoms with Crippen LogP contribution in [0.3, 0.4) is 0 Å². The number of ether oxygens (including phenoxy) is 2. The van der Waals surface area contributed by atoms with Crippen molar-refractivity contribution in [1.82, 2.24) is 0 Å². The number of rotatable bonds is 35. The monoisotopic (exact) mass is 737 g/mol. The molecule has 0 aliphatic heterocycles. The number of aliphatic carboxylic acids is 1. The van der Waals surface area contributed by atoms with Gasteiger partial charge in [0, 0.05) is 13.0 Å². The molecule has 0 aliphatic rings. The number of carbonyl (C=O) groups is 2. The Morgan fingerprint density at radius 2 is 1.10 bits per heavy atom. The SMILES string of the molecule is CC/C=C\C/C=C\C/C=C\C/C=C\C/C=C\C/C=C\CCC(=O)OC(COCCCCCCCCCCCC)COP(=O)(O)OCC(N)C(=O)O. The van der Waals surface area contributed by atoms with E-state index in [4.69, 9.17) is 24.8 Å². The molecular formula is C40H68NO9P. The van der Waals surface area contributed by atoms with E-state index in [9.17, 15) is 19.0 Å². The van der Waals surface area contributed by atoms with Gasteiger partial charge >= 0.3 is 19.8 Å². The Morgan fingerprint density at radius 3 is 1.59 bits per heavy atom. The minimum absolute atomic E-state index is 0.0162. The van der Waals surface area contributed by atoms with Gasteiger partial charge in [-0.1, -0.05) is 145 Å². The smallest absolute Gasteiger partial charge is 0.472 e. The normalized spacial score (nSPS) is 14.9. The van der Waals surface area contributed by atoms with Crippen LogP contribution in [-0.2, 0) is 32.7 Å². The predicted octanol–water partition coefficient (Wildman–Crippen LogP) is 9.86. The molecule has 0 bridgehead atoms. The summed E-state index contributed by atoms with van der Waals surface area (Å²) in [4.78, 5) is 33.3. The molecular weight excluding hydrogens is 669 g/mol. The summed E-state index contributed by atoms with van der Waals surface area (Å²) in [5.74, 6) is -1.87. The molecule has 0 rings (SSSR count). The quantitative estimate of drug-likeness (QED) is 0.0248. The van der Waals surface area contributed by atoms with Gasteiger partial charge in [-0.15, -0.1) is 0 Å². The first-order chi connectivity index (χ1) is 24.7. The van der Waals surface area contributed by atoms with Crippen molar-refractivity contribution in [2.24, 2.45) is 5.73 Å². The van der Waals surface area contributed by atoms with Crippen LogP contribution in [0.25, 0.3) is 0 Å². The lowest BCUT2D eigenvalue weighted by Crippen LogP contribution is -2.34. The van der Waals surface area contributed by atoms with Crippen LogP contribution in [-0.4, -0.2) is 60.5 Å². The first-order valence-electron chi connectivity index (χ1n) is 19.0. The third-order valence-electron chi connectivity index (χ3n) is 7.51. The molecule has 0 spiro atoms. The van der Waals surface area contributed by atoms with Gasteiger partial charge in [-0.25, -0.2) is 4.57 Å². The van der Waals surface area contributed by atoms with Crippen LogP contribution >= 0.6 is 7.82 Å². The third kappa shape index (κ3) is 35.6. The maximum absolute atomic E-state index is 12.5. The van der Waals surface area contributed by atoms with E-state index in [0.29, 0.717) is 13.0 Å². The Morgan fingerprint density at radius 1 is 0.647 bits per heavy atom. The number of carboxylic acid groups (broad SMARTS) is 1. The fourth-order valence-electron chi connectivity index (χ4n) is 4.57. The molecule has 0 saturated heterocycles. The molecule has 51 heavy (non-hydrogen) atoms. The van der Waals surface area contributed by atoms with E-state index in [-0.39, 0.29) is 13.0 Å². The number of carbonyl (C=O) groups excluding carboxylic acids is 1. The van der Waals surface area contributed by atoms with E-state index >= 15 is 0 Å². The minimum atomic E-state index is -4.63. The molecule has 0 aromatic carbocycles. The molecule has 4 N–H and O–H groups in total. The number of hydrogen-bond donors (Lipinski definition) is 3. The molecule has 0 radical (unpaired) electrons. The maximum Gasteiger partial charge on any atom is 0.472 e. The number of unbranched alkanes of at least 4 members (excludes halogenated alkanes) is 9. The highest BCUT2D eigenvalue weighted by Crippen LogP contribution is 2.43. The zero-order valence-corrected chi connectivity index (χ0v) is 32.3. The van der Waals surface area contributed by atoms with E-state index in [2.05, 4.69) is 79.1 Å². The molecule has 0 saturated carbocycles. The Labute approximate surface area is 308 Å². The first-order valence-corrected chi connectivity index (χ1v) is 20.5. The summed E-state index contributed by atoms with van der Waals surface area (Å²) >= 11 is 0. The number of esters is 1. The van der Waals surface area contributed by atoms with E-state index in [1.165, 1.54) is 44.9 Å². The van der Waals surface area contributed by atoms with Crippen LogP contribution in [0.5, 0.6) is 0 Å². The summed E-state index contributed by atoms with van der Waals surface area (Å²) in [6.07, 6.45) is 42.6. The minimum Gasteiger partial charge on any atom is -0.480 e. The molecule has 0 fully saturated rings. The van der Waals surface area contributed by atoms with Crippen molar-refractivity contribution in [3.63, 3.8) is 0 Å². The number of nitrogens with two attached hydrogens (primary N) is 1. The summed E-state index contributed by atoms with van der Waals surface area (Å²) in [5.41, 5.74) is 5.33. The van der Waals surface area contributed by atoms with Crippen LogP contribution in [0.15, 0.2) is 72.9 Å². The second-order valence-corrected chi connectivity index (χ2v) is 13.8.